The van der Waals surface area contributed by atoms with Crippen LogP contribution in [0.2, 0.25) is 0 Å². The van der Waals surface area contributed by atoms with E-state index in [0.29, 0.717) is 19.0 Å². The highest BCUT2D eigenvalue weighted by Gasteiger charge is 2.04. The first-order valence-corrected chi connectivity index (χ1v) is 10.8. The standard InChI is InChI=1S/C26H23N5O2/c1-2-10-25-21(7-1)13-14-22(27-25)17-32-23-8-3-5-19(15-23)11-12-20-6-4-9-24(16-20)33-18-26-28-30-31-29-26/h1-10,13-16H,11-12,17-18H2,(H,28,29,30,31). The van der Waals surface area contributed by atoms with E-state index in [4.69, 9.17) is 9.47 Å². The van der Waals surface area contributed by atoms with Crippen molar-refractivity contribution in [2.45, 2.75) is 26.1 Å². The molecule has 0 unspecified atom stereocenters. The number of aromatic nitrogens is 5. The minimum Gasteiger partial charge on any atom is -0.487 e. The van der Waals surface area contributed by atoms with Gasteiger partial charge >= 0.3 is 0 Å². The highest BCUT2D eigenvalue weighted by Crippen LogP contribution is 2.20. The minimum absolute atomic E-state index is 0.307. The lowest BCUT2D eigenvalue weighted by Gasteiger charge is -2.09. The highest BCUT2D eigenvalue weighted by atomic mass is 16.5. The number of ether oxygens (including phenoxy) is 2. The van der Waals surface area contributed by atoms with Crippen molar-refractivity contribution in [2.24, 2.45) is 0 Å². The third kappa shape index (κ3) is 5.51. The molecule has 164 valence electrons. The molecule has 0 spiro atoms. The molecule has 2 heterocycles. The van der Waals surface area contributed by atoms with Crippen LogP contribution in [-0.2, 0) is 26.1 Å². The maximum atomic E-state index is 6.02. The molecule has 0 aliphatic rings. The minimum atomic E-state index is 0.307. The van der Waals surface area contributed by atoms with Crippen LogP contribution in [0.15, 0.2) is 84.9 Å². The Morgan fingerprint density at radius 3 is 2.15 bits per heavy atom. The van der Waals surface area contributed by atoms with Crippen LogP contribution in [0.5, 0.6) is 11.5 Å². The van der Waals surface area contributed by atoms with E-state index in [1.165, 1.54) is 11.1 Å². The molecule has 1 N–H and O–H groups in total. The molecule has 7 nitrogen and oxygen atoms in total. The van der Waals surface area contributed by atoms with Crippen molar-refractivity contribution in [3.8, 4) is 11.5 Å². The SMILES string of the molecule is c1cc(CCc2cccc(OCc3nnn[nH]3)c2)cc(OCc2ccc3ccccc3n2)c1. The number of para-hydroxylation sites is 1. The molecule has 5 aromatic rings. The van der Waals surface area contributed by atoms with E-state index in [0.717, 1.165) is 40.9 Å². The van der Waals surface area contributed by atoms with Crippen molar-refractivity contribution in [1.29, 1.82) is 0 Å². The fourth-order valence-electron chi connectivity index (χ4n) is 3.61. The molecule has 0 saturated heterocycles. The van der Waals surface area contributed by atoms with Crippen LogP contribution in [0.1, 0.15) is 22.6 Å². The molecule has 0 atom stereocenters. The van der Waals surface area contributed by atoms with Gasteiger partial charge in [0, 0.05) is 5.39 Å². The number of hydrogen-bond donors (Lipinski definition) is 1. The molecule has 3 aromatic carbocycles. The van der Waals surface area contributed by atoms with Gasteiger partial charge in [0.15, 0.2) is 5.82 Å². The summed E-state index contributed by atoms with van der Waals surface area (Å²) < 4.78 is 11.8. The van der Waals surface area contributed by atoms with Gasteiger partial charge in [-0.3, -0.25) is 0 Å². The first kappa shape index (κ1) is 20.6. The number of tetrazole rings is 1. The van der Waals surface area contributed by atoms with Gasteiger partial charge in [-0.2, -0.15) is 0 Å². The van der Waals surface area contributed by atoms with Gasteiger partial charge in [0.1, 0.15) is 24.7 Å². The Hall–Kier alpha value is -4.26. The van der Waals surface area contributed by atoms with Crippen LogP contribution in [0.4, 0.5) is 0 Å². The first-order valence-electron chi connectivity index (χ1n) is 10.8. The molecule has 0 aliphatic heterocycles. The molecule has 0 saturated carbocycles. The van der Waals surface area contributed by atoms with Crippen LogP contribution in [0, 0.1) is 0 Å². The quantitative estimate of drug-likeness (QED) is 0.360. The molecule has 0 aliphatic carbocycles. The van der Waals surface area contributed by atoms with Crippen molar-refractivity contribution >= 4 is 10.9 Å². The lowest BCUT2D eigenvalue weighted by molar-refractivity contribution is 0.295. The Morgan fingerprint density at radius 1 is 0.697 bits per heavy atom. The van der Waals surface area contributed by atoms with Crippen LogP contribution < -0.4 is 9.47 Å². The van der Waals surface area contributed by atoms with Crippen molar-refractivity contribution in [1.82, 2.24) is 25.6 Å². The van der Waals surface area contributed by atoms with Gasteiger partial charge in [0.05, 0.1) is 11.2 Å². The van der Waals surface area contributed by atoms with Crippen molar-refractivity contribution < 1.29 is 9.47 Å². The first-order chi connectivity index (χ1) is 16.3. The molecule has 0 amide bonds. The largest absolute Gasteiger partial charge is 0.487 e. The summed E-state index contributed by atoms with van der Waals surface area (Å²) in [5, 5.41) is 14.7. The summed E-state index contributed by atoms with van der Waals surface area (Å²) in [5.74, 6) is 2.24. The Kier molecular flexibility index (Phi) is 6.20. The maximum Gasteiger partial charge on any atom is 0.186 e. The van der Waals surface area contributed by atoms with E-state index in [-0.39, 0.29) is 0 Å². The van der Waals surface area contributed by atoms with Crippen LogP contribution in [-0.4, -0.2) is 25.6 Å². The monoisotopic (exact) mass is 437 g/mol. The Balaban J connectivity index is 1.17. The Morgan fingerprint density at radius 2 is 1.42 bits per heavy atom. The Bertz CT molecular complexity index is 1340. The summed E-state index contributed by atoms with van der Waals surface area (Å²) in [7, 11) is 0. The number of H-pyrrole nitrogens is 1. The van der Waals surface area contributed by atoms with Crippen LogP contribution in [0.3, 0.4) is 0 Å². The fourth-order valence-corrected chi connectivity index (χ4v) is 3.61. The van der Waals surface area contributed by atoms with E-state index in [1.807, 2.05) is 48.5 Å². The predicted molar refractivity (Wildman–Crippen MR) is 125 cm³/mol. The molecule has 7 heteroatoms. The number of nitrogens with one attached hydrogen (secondary N) is 1. The number of aromatic amines is 1. The van der Waals surface area contributed by atoms with Crippen LogP contribution >= 0.6 is 0 Å². The lowest BCUT2D eigenvalue weighted by atomic mass is 10.0. The molecular formula is C26H23N5O2. The molecule has 0 bridgehead atoms. The number of pyridine rings is 1. The average molecular weight is 438 g/mol. The summed E-state index contributed by atoms with van der Waals surface area (Å²) in [6, 6.07) is 28.5. The van der Waals surface area contributed by atoms with Gasteiger partial charge in [-0.05, 0) is 70.8 Å². The second kappa shape index (κ2) is 9.91. The average Bonchev–Trinajstić information content (AvgIpc) is 3.39. The molecule has 2 aromatic heterocycles. The van der Waals surface area contributed by atoms with Crippen molar-refractivity contribution in [3.05, 3.63) is 108 Å². The number of nitrogens with zero attached hydrogens (tertiary/aromatic N) is 4. The summed E-state index contributed by atoms with van der Waals surface area (Å²) >= 11 is 0. The van der Waals surface area contributed by atoms with Gasteiger partial charge in [-0.1, -0.05) is 48.5 Å². The third-order valence-electron chi connectivity index (χ3n) is 5.31. The van der Waals surface area contributed by atoms with Gasteiger partial charge in [0.2, 0.25) is 0 Å². The second-order valence-corrected chi connectivity index (χ2v) is 7.72. The van der Waals surface area contributed by atoms with E-state index in [9.17, 15) is 0 Å². The van der Waals surface area contributed by atoms with Gasteiger partial charge in [-0.15, -0.1) is 5.10 Å². The smallest absolute Gasteiger partial charge is 0.186 e. The van der Waals surface area contributed by atoms with Gasteiger partial charge in [-0.25, -0.2) is 10.1 Å². The van der Waals surface area contributed by atoms with E-state index >= 15 is 0 Å². The van der Waals surface area contributed by atoms with Crippen LogP contribution in [0.25, 0.3) is 10.9 Å². The summed E-state index contributed by atoms with van der Waals surface area (Å²) in [6.07, 6.45) is 1.80. The third-order valence-corrected chi connectivity index (χ3v) is 5.31. The lowest BCUT2D eigenvalue weighted by Crippen LogP contribution is -2.00. The normalized spacial score (nSPS) is 10.9. The summed E-state index contributed by atoms with van der Waals surface area (Å²) in [4.78, 5) is 4.68. The predicted octanol–water partition coefficient (Wildman–Crippen LogP) is 4.69. The van der Waals surface area contributed by atoms with E-state index in [1.54, 1.807) is 0 Å². The number of benzene rings is 3. The highest BCUT2D eigenvalue weighted by molar-refractivity contribution is 5.78. The number of aryl methyl sites for hydroxylation is 2. The zero-order valence-corrected chi connectivity index (χ0v) is 18.0. The number of rotatable bonds is 9. The molecule has 5 rings (SSSR count). The summed E-state index contributed by atoms with van der Waals surface area (Å²) in [5.41, 5.74) is 4.32. The number of hydrogen-bond acceptors (Lipinski definition) is 6. The molecule has 33 heavy (non-hydrogen) atoms. The zero-order valence-electron chi connectivity index (χ0n) is 18.0. The fraction of sp³-hybridized carbons (Fsp3) is 0.154. The van der Waals surface area contributed by atoms with Gasteiger partial charge < -0.3 is 9.47 Å². The molecular weight excluding hydrogens is 414 g/mol. The maximum absolute atomic E-state index is 6.02. The number of fused-ring (bicyclic) bond motifs is 1. The topological polar surface area (TPSA) is 85.8 Å². The zero-order chi connectivity index (χ0) is 22.3. The second-order valence-electron chi connectivity index (χ2n) is 7.72. The van der Waals surface area contributed by atoms with E-state index < -0.39 is 0 Å². The molecule has 0 radical (unpaired) electrons. The van der Waals surface area contributed by atoms with Crippen molar-refractivity contribution in [3.63, 3.8) is 0 Å². The Labute approximate surface area is 191 Å². The molecule has 0 fully saturated rings. The summed E-state index contributed by atoms with van der Waals surface area (Å²) in [6.45, 7) is 0.746. The van der Waals surface area contributed by atoms with Crippen molar-refractivity contribution in [2.75, 3.05) is 0 Å². The van der Waals surface area contributed by atoms with E-state index in [2.05, 4.69) is 62.0 Å². The van der Waals surface area contributed by atoms with Gasteiger partial charge in [0.25, 0.3) is 0 Å².